The topological polar surface area (TPSA) is 90.2 Å². The number of hydrogen-bond donors (Lipinski definition) is 4. The van der Waals surface area contributed by atoms with E-state index in [2.05, 4.69) is 12.1 Å². The number of hydrogen-bond acceptors (Lipinski definition) is 5. The van der Waals surface area contributed by atoms with E-state index in [1.165, 1.54) is 11.1 Å². The maximum absolute atomic E-state index is 10.3. The average Bonchev–Trinajstić information content (AvgIpc) is 2.60. The first kappa shape index (κ1) is 18.0. The molecular weight excluding hydrogens is 320 g/mol. The third-order valence-electron chi connectivity index (χ3n) is 4.66. The van der Waals surface area contributed by atoms with Crippen molar-refractivity contribution in [1.82, 2.24) is 0 Å². The fourth-order valence-electron chi connectivity index (χ4n) is 3.31. The molecule has 0 bridgehead atoms. The largest absolute Gasteiger partial charge is 0.394 e. The number of aliphatic hydroxyl groups excluding tert-OH is 4. The van der Waals surface area contributed by atoms with Crippen molar-refractivity contribution in [2.45, 2.75) is 43.9 Å². The second-order valence-electron chi connectivity index (χ2n) is 6.66. The van der Waals surface area contributed by atoms with Crippen molar-refractivity contribution in [1.29, 1.82) is 0 Å². The van der Waals surface area contributed by atoms with Crippen molar-refractivity contribution in [3.63, 3.8) is 0 Å². The van der Waals surface area contributed by atoms with Gasteiger partial charge in [0.2, 0.25) is 0 Å². The third kappa shape index (κ3) is 3.92. The second kappa shape index (κ2) is 7.64. The molecule has 2 aromatic rings. The molecule has 0 unspecified atom stereocenters. The molecule has 3 rings (SSSR count). The molecule has 5 heteroatoms. The zero-order valence-corrected chi connectivity index (χ0v) is 14.1. The molecule has 1 saturated heterocycles. The lowest BCUT2D eigenvalue weighted by atomic mass is 9.90. The average molecular weight is 344 g/mol. The van der Waals surface area contributed by atoms with Crippen LogP contribution in [-0.4, -0.2) is 51.4 Å². The Morgan fingerprint density at radius 1 is 0.880 bits per heavy atom. The normalized spacial score (nSPS) is 29.6. The summed E-state index contributed by atoms with van der Waals surface area (Å²) >= 11 is 0. The van der Waals surface area contributed by atoms with Crippen molar-refractivity contribution in [3.05, 3.63) is 70.8 Å². The Hall–Kier alpha value is -1.76. The Balaban J connectivity index is 1.83. The predicted octanol–water partition coefficient (Wildman–Crippen LogP) is 1.10. The summed E-state index contributed by atoms with van der Waals surface area (Å²) in [4.78, 5) is 0. The molecular formula is C20H24O5. The van der Waals surface area contributed by atoms with E-state index in [1.807, 2.05) is 43.3 Å². The minimum atomic E-state index is -1.36. The molecule has 5 atom stereocenters. The molecule has 1 fully saturated rings. The number of benzene rings is 2. The number of aliphatic hydroxyl groups is 4. The third-order valence-corrected chi connectivity index (χ3v) is 4.66. The van der Waals surface area contributed by atoms with Gasteiger partial charge in [0.05, 0.1) is 6.61 Å². The van der Waals surface area contributed by atoms with E-state index >= 15 is 0 Å². The molecule has 1 aliphatic heterocycles. The van der Waals surface area contributed by atoms with Gasteiger partial charge in [0.25, 0.3) is 0 Å². The van der Waals surface area contributed by atoms with Crippen LogP contribution in [0.2, 0.25) is 0 Å². The Bertz CT molecular complexity index is 715. The van der Waals surface area contributed by atoms with Gasteiger partial charge < -0.3 is 25.2 Å². The van der Waals surface area contributed by atoms with Gasteiger partial charge in [0.1, 0.15) is 30.5 Å². The van der Waals surface area contributed by atoms with Crippen molar-refractivity contribution in [2.24, 2.45) is 0 Å². The predicted molar refractivity (Wildman–Crippen MR) is 93.1 cm³/mol. The van der Waals surface area contributed by atoms with Gasteiger partial charge in [-0.1, -0.05) is 54.1 Å². The molecule has 0 aliphatic carbocycles. The van der Waals surface area contributed by atoms with Crippen LogP contribution in [-0.2, 0) is 11.2 Å². The summed E-state index contributed by atoms with van der Waals surface area (Å²) < 4.78 is 5.63. The molecule has 0 saturated carbocycles. The van der Waals surface area contributed by atoms with Gasteiger partial charge in [-0.25, -0.2) is 0 Å². The molecule has 0 aromatic heterocycles. The lowest BCUT2D eigenvalue weighted by Gasteiger charge is -2.40. The fourth-order valence-corrected chi connectivity index (χ4v) is 3.31. The van der Waals surface area contributed by atoms with Crippen molar-refractivity contribution in [3.8, 4) is 0 Å². The van der Waals surface area contributed by atoms with Gasteiger partial charge in [-0.3, -0.25) is 0 Å². The highest BCUT2D eigenvalue weighted by molar-refractivity contribution is 5.33. The molecule has 2 aromatic carbocycles. The van der Waals surface area contributed by atoms with E-state index in [4.69, 9.17) is 4.74 Å². The van der Waals surface area contributed by atoms with Gasteiger partial charge in [-0.15, -0.1) is 0 Å². The maximum atomic E-state index is 10.3. The van der Waals surface area contributed by atoms with Crippen LogP contribution in [0.25, 0.3) is 0 Å². The molecule has 0 amide bonds. The van der Waals surface area contributed by atoms with E-state index in [-0.39, 0.29) is 0 Å². The first-order valence-electron chi connectivity index (χ1n) is 8.44. The Labute approximate surface area is 147 Å². The summed E-state index contributed by atoms with van der Waals surface area (Å²) in [5.41, 5.74) is 4.15. The van der Waals surface area contributed by atoms with Gasteiger partial charge in [-0.2, -0.15) is 0 Å². The van der Waals surface area contributed by atoms with Gasteiger partial charge in [0.15, 0.2) is 0 Å². The van der Waals surface area contributed by atoms with Crippen LogP contribution in [0.1, 0.15) is 28.4 Å². The van der Waals surface area contributed by atoms with Crippen LogP contribution in [0, 0.1) is 6.92 Å². The smallest absolute Gasteiger partial charge is 0.113 e. The molecule has 5 nitrogen and oxygen atoms in total. The first-order valence-corrected chi connectivity index (χ1v) is 8.44. The van der Waals surface area contributed by atoms with Crippen LogP contribution in [0.15, 0.2) is 48.5 Å². The van der Waals surface area contributed by atoms with Gasteiger partial charge in [0, 0.05) is 0 Å². The van der Waals surface area contributed by atoms with Crippen molar-refractivity contribution in [2.75, 3.05) is 6.61 Å². The summed E-state index contributed by atoms with van der Waals surface area (Å²) in [7, 11) is 0. The van der Waals surface area contributed by atoms with E-state index in [9.17, 15) is 20.4 Å². The highest BCUT2D eigenvalue weighted by Crippen LogP contribution is 2.32. The number of aryl methyl sites for hydroxylation is 1. The highest BCUT2D eigenvalue weighted by atomic mass is 16.5. The van der Waals surface area contributed by atoms with Crippen LogP contribution < -0.4 is 0 Å². The molecule has 25 heavy (non-hydrogen) atoms. The maximum Gasteiger partial charge on any atom is 0.113 e. The van der Waals surface area contributed by atoms with E-state index in [0.717, 1.165) is 12.0 Å². The van der Waals surface area contributed by atoms with Gasteiger partial charge >= 0.3 is 0 Å². The van der Waals surface area contributed by atoms with E-state index in [0.29, 0.717) is 5.56 Å². The Morgan fingerprint density at radius 2 is 1.56 bits per heavy atom. The fraction of sp³-hybridized carbons (Fsp3) is 0.400. The quantitative estimate of drug-likeness (QED) is 0.667. The zero-order chi connectivity index (χ0) is 18.0. The standard InChI is InChI=1S/C20H24O5/c1-12-4-2-5-13(8-12)9-14-6-3-7-15(10-14)20-19(24)18(23)17(22)16(11-21)25-20/h2-8,10,16-24H,9,11H2,1H3/t16-,17-,18+,19-,20+/m1/s1. The highest BCUT2D eigenvalue weighted by Gasteiger charge is 2.43. The summed E-state index contributed by atoms with van der Waals surface area (Å²) in [6.07, 6.45) is -4.92. The molecule has 134 valence electrons. The molecule has 4 N–H and O–H groups in total. The molecule has 1 aliphatic rings. The summed E-state index contributed by atoms with van der Waals surface area (Å²) in [6.45, 7) is 1.62. The van der Waals surface area contributed by atoms with Crippen LogP contribution >= 0.6 is 0 Å². The molecule has 1 heterocycles. The number of ether oxygens (including phenoxy) is 1. The minimum absolute atomic E-state index is 0.426. The summed E-state index contributed by atoms with van der Waals surface area (Å²) in [5.74, 6) is 0. The lowest BCUT2D eigenvalue weighted by molar-refractivity contribution is -0.231. The van der Waals surface area contributed by atoms with Crippen molar-refractivity contribution >= 4 is 0 Å². The van der Waals surface area contributed by atoms with Crippen LogP contribution in [0.5, 0.6) is 0 Å². The number of rotatable bonds is 4. The Kier molecular flexibility index (Phi) is 5.51. The zero-order valence-electron chi connectivity index (χ0n) is 14.1. The minimum Gasteiger partial charge on any atom is -0.394 e. The first-order chi connectivity index (χ1) is 12.0. The van der Waals surface area contributed by atoms with Gasteiger partial charge in [-0.05, 0) is 30.0 Å². The summed E-state index contributed by atoms with van der Waals surface area (Å²) in [6, 6.07) is 15.9. The van der Waals surface area contributed by atoms with E-state index in [1.54, 1.807) is 0 Å². The molecule has 0 spiro atoms. The SMILES string of the molecule is Cc1cccc(Cc2cccc([C@@H]3O[C@H](CO)[C@@H](O)[C@H](O)[C@H]3O)c2)c1. The van der Waals surface area contributed by atoms with Crippen molar-refractivity contribution < 1.29 is 25.2 Å². The monoisotopic (exact) mass is 344 g/mol. The molecule has 0 radical (unpaired) electrons. The van der Waals surface area contributed by atoms with E-state index < -0.39 is 37.1 Å². The lowest BCUT2D eigenvalue weighted by Crippen LogP contribution is -2.55. The van der Waals surface area contributed by atoms with Crippen LogP contribution in [0.3, 0.4) is 0 Å². The van der Waals surface area contributed by atoms with Crippen LogP contribution in [0.4, 0.5) is 0 Å². The summed E-state index contributed by atoms with van der Waals surface area (Å²) in [5, 5.41) is 39.5. The Morgan fingerprint density at radius 3 is 2.24 bits per heavy atom. The second-order valence-corrected chi connectivity index (χ2v) is 6.66.